The molecule has 0 saturated carbocycles. The van der Waals surface area contributed by atoms with Crippen molar-refractivity contribution in [1.29, 1.82) is 0 Å². The van der Waals surface area contributed by atoms with Crippen LogP contribution >= 0.6 is 0 Å². The highest BCUT2D eigenvalue weighted by molar-refractivity contribution is 5.93. The summed E-state index contributed by atoms with van der Waals surface area (Å²) in [6.07, 6.45) is 4.23. The number of carbonyl (C=O) groups is 1. The molecule has 0 aliphatic carbocycles. The van der Waals surface area contributed by atoms with Crippen LogP contribution < -0.4 is 5.73 Å². The van der Waals surface area contributed by atoms with Crippen molar-refractivity contribution in [3.05, 3.63) is 18.0 Å². The summed E-state index contributed by atoms with van der Waals surface area (Å²) in [6, 6.07) is 0.167. The first-order chi connectivity index (χ1) is 7.90. The van der Waals surface area contributed by atoms with Crippen LogP contribution in [-0.2, 0) is 7.05 Å². The first-order valence-corrected chi connectivity index (χ1v) is 5.93. The maximum absolute atomic E-state index is 12.2. The Morgan fingerprint density at radius 3 is 2.82 bits per heavy atom. The molecule has 1 aliphatic heterocycles. The van der Waals surface area contributed by atoms with Crippen molar-refractivity contribution in [1.82, 2.24) is 14.7 Å². The van der Waals surface area contributed by atoms with E-state index in [2.05, 4.69) is 18.9 Å². The molecule has 1 aromatic heterocycles. The van der Waals surface area contributed by atoms with Crippen molar-refractivity contribution in [3.8, 4) is 0 Å². The Hall–Kier alpha value is -1.36. The number of hydrogen-bond donors (Lipinski definition) is 1. The minimum atomic E-state index is -0.0177. The average Bonchev–Trinajstić information content (AvgIpc) is 2.68. The van der Waals surface area contributed by atoms with Gasteiger partial charge in [-0.15, -0.1) is 0 Å². The molecule has 1 atom stereocenters. The zero-order valence-corrected chi connectivity index (χ0v) is 10.7. The first kappa shape index (κ1) is 12.1. The molecule has 17 heavy (non-hydrogen) atoms. The Kier molecular flexibility index (Phi) is 2.95. The molecule has 2 rings (SSSR count). The standard InChI is InChI=1S/C12H20N4O/c1-12(2)8-16(5-4-10(12)13)11(17)9-6-14-15(3)7-9/h6-7,10H,4-5,8,13H2,1-3H3. The Labute approximate surface area is 102 Å². The van der Waals surface area contributed by atoms with Crippen LogP contribution in [0.5, 0.6) is 0 Å². The normalized spacial score (nSPS) is 23.8. The Balaban J connectivity index is 2.11. The van der Waals surface area contributed by atoms with Gasteiger partial charge in [-0.25, -0.2) is 0 Å². The molecule has 0 bridgehead atoms. The zero-order chi connectivity index (χ0) is 12.6. The number of piperidine rings is 1. The first-order valence-electron chi connectivity index (χ1n) is 5.93. The second kappa shape index (κ2) is 4.14. The molecule has 1 unspecified atom stereocenters. The van der Waals surface area contributed by atoms with Crippen LogP contribution in [0.15, 0.2) is 12.4 Å². The number of likely N-dealkylation sites (tertiary alicyclic amines) is 1. The van der Waals surface area contributed by atoms with Gasteiger partial charge in [-0.3, -0.25) is 9.48 Å². The maximum Gasteiger partial charge on any atom is 0.257 e. The lowest BCUT2D eigenvalue weighted by Crippen LogP contribution is -2.53. The third kappa shape index (κ3) is 2.34. The lowest BCUT2D eigenvalue weighted by molar-refractivity contribution is 0.0533. The van der Waals surface area contributed by atoms with Gasteiger partial charge in [0.1, 0.15) is 0 Å². The number of nitrogens with two attached hydrogens (primary N) is 1. The number of hydrogen-bond acceptors (Lipinski definition) is 3. The molecule has 1 aliphatic rings. The van der Waals surface area contributed by atoms with E-state index >= 15 is 0 Å². The van der Waals surface area contributed by atoms with Gasteiger partial charge in [0.05, 0.1) is 11.8 Å². The van der Waals surface area contributed by atoms with E-state index in [1.807, 2.05) is 11.9 Å². The van der Waals surface area contributed by atoms with E-state index in [-0.39, 0.29) is 17.4 Å². The molecule has 5 nitrogen and oxygen atoms in total. The van der Waals surface area contributed by atoms with Crippen LogP contribution in [0.2, 0.25) is 0 Å². The van der Waals surface area contributed by atoms with Crippen LogP contribution in [0.25, 0.3) is 0 Å². The molecule has 1 saturated heterocycles. The maximum atomic E-state index is 12.2. The molecular weight excluding hydrogens is 216 g/mol. The van der Waals surface area contributed by atoms with Gasteiger partial charge >= 0.3 is 0 Å². The summed E-state index contributed by atoms with van der Waals surface area (Å²) in [6.45, 7) is 5.67. The number of nitrogens with zero attached hydrogens (tertiary/aromatic N) is 3. The van der Waals surface area contributed by atoms with Gasteiger partial charge in [-0.1, -0.05) is 13.8 Å². The van der Waals surface area contributed by atoms with Crippen LogP contribution in [0.3, 0.4) is 0 Å². The second-order valence-corrected chi connectivity index (χ2v) is 5.51. The van der Waals surface area contributed by atoms with Gasteiger partial charge in [0.2, 0.25) is 0 Å². The summed E-state index contributed by atoms with van der Waals surface area (Å²) in [5.74, 6) is 0.0538. The van der Waals surface area contributed by atoms with Gasteiger partial charge in [0.15, 0.2) is 0 Å². The third-order valence-corrected chi connectivity index (χ3v) is 3.55. The number of carbonyl (C=O) groups excluding carboxylic acids is 1. The summed E-state index contributed by atoms with van der Waals surface area (Å²) < 4.78 is 1.65. The summed E-state index contributed by atoms with van der Waals surface area (Å²) in [5, 5.41) is 4.03. The van der Waals surface area contributed by atoms with Crippen molar-refractivity contribution in [2.75, 3.05) is 13.1 Å². The van der Waals surface area contributed by atoms with E-state index < -0.39 is 0 Å². The highest BCUT2D eigenvalue weighted by atomic mass is 16.2. The van der Waals surface area contributed by atoms with Gasteiger partial charge in [-0.05, 0) is 11.8 Å². The van der Waals surface area contributed by atoms with Gasteiger partial charge < -0.3 is 10.6 Å². The van der Waals surface area contributed by atoms with Crippen molar-refractivity contribution in [2.24, 2.45) is 18.2 Å². The monoisotopic (exact) mass is 236 g/mol. The van der Waals surface area contributed by atoms with Gasteiger partial charge in [0.25, 0.3) is 5.91 Å². The number of aryl methyl sites for hydroxylation is 1. The molecule has 1 aromatic rings. The SMILES string of the molecule is Cn1cc(C(=O)N2CCC(N)C(C)(C)C2)cn1. The Morgan fingerprint density at radius 1 is 1.59 bits per heavy atom. The van der Waals surface area contributed by atoms with E-state index in [1.54, 1.807) is 17.1 Å². The van der Waals surface area contributed by atoms with Gasteiger partial charge in [0, 0.05) is 32.4 Å². The van der Waals surface area contributed by atoms with Crippen LogP contribution in [-0.4, -0.2) is 39.7 Å². The van der Waals surface area contributed by atoms with Crippen molar-refractivity contribution < 1.29 is 4.79 Å². The van der Waals surface area contributed by atoms with Gasteiger partial charge in [-0.2, -0.15) is 5.10 Å². The minimum absolute atomic E-state index is 0.0177. The average molecular weight is 236 g/mol. The lowest BCUT2D eigenvalue weighted by atomic mass is 9.79. The summed E-state index contributed by atoms with van der Waals surface area (Å²) in [5.41, 5.74) is 6.70. The van der Waals surface area contributed by atoms with Crippen molar-refractivity contribution in [2.45, 2.75) is 26.3 Å². The molecular formula is C12H20N4O. The third-order valence-electron chi connectivity index (χ3n) is 3.55. The molecule has 2 heterocycles. The summed E-state index contributed by atoms with van der Waals surface area (Å²) in [4.78, 5) is 14.1. The zero-order valence-electron chi connectivity index (χ0n) is 10.7. The quantitative estimate of drug-likeness (QED) is 0.777. The smallest absolute Gasteiger partial charge is 0.257 e. The van der Waals surface area contributed by atoms with Crippen LogP contribution in [0.4, 0.5) is 0 Å². The second-order valence-electron chi connectivity index (χ2n) is 5.51. The highest BCUT2D eigenvalue weighted by Gasteiger charge is 2.35. The molecule has 2 N–H and O–H groups in total. The highest BCUT2D eigenvalue weighted by Crippen LogP contribution is 2.28. The summed E-state index contributed by atoms with van der Waals surface area (Å²) >= 11 is 0. The van der Waals surface area contributed by atoms with Crippen molar-refractivity contribution in [3.63, 3.8) is 0 Å². The van der Waals surface area contributed by atoms with E-state index in [0.29, 0.717) is 12.1 Å². The number of rotatable bonds is 1. The molecule has 1 amide bonds. The fourth-order valence-corrected chi connectivity index (χ4v) is 2.26. The van der Waals surface area contributed by atoms with E-state index in [9.17, 15) is 4.79 Å². The molecule has 94 valence electrons. The lowest BCUT2D eigenvalue weighted by Gasteiger charge is -2.42. The number of aromatic nitrogens is 2. The van der Waals surface area contributed by atoms with Crippen LogP contribution in [0, 0.1) is 5.41 Å². The largest absolute Gasteiger partial charge is 0.338 e. The Morgan fingerprint density at radius 2 is 2.29 bits per heavy atom. The summed E-state index contributed by atoms with van der Waals surface area (Å²) in [7, 11) is 1.81. The van der Waals surface area contributed by atoms with Crippen LogP contribution in [0.1, 0.15) is 30.6 Å². The predicted molar refractivity (Wildman–Crippen MR) is 65.5 cm³/mol. The van der Waals surface area contributed by atoms with E-state index in [4.69, 9.17) is 5.73 Å². The fourth-order valence-electron chi connectivity index (χ4n) is 2.26. The predicted octanol–water partition coefficient (Wildman–Crippen LogP) is 0.619. The minimum Gasteiger partial charge on any atom is -0.338 e. The molecule has 0 radical (unpaired) electrons. The Bertz CT molecular complexity index is 424. The van der Waals surface area contributed by atoms with Crippen molar-refractivity contribution >= 4 is 5.91 Å². The molecule has 5 heteroatoms. The molecule has 0 aromatic carbocycles. The van der Waals surface area contributed by atoms with E-state index in [0.717, 1.165) is 13.0 Å². The molecule has 1 fully saturated rings. The van der Waals surface area contributed by atoms with E-state index in [1.165, 1.54) is 0 Å². The topological polar surface area (TPSA) is 64.2 Å². The molecule has 0 spiro atoms. The fraction of sp³-hybridized carbons (Fsp3) is 0.667. The number of amides is 1.